The van der Waals surface area contributed by atoms with Gasteiger partial charge in [0.05, 0.1) is 11.4 Å². The Hall–Kier alpha value is -1.44. The second-order valence-corrected chi connectivity index (χ2v) is 2.59. The zero-order chi connectivity index (χ0) is 7.68. The number of aromatic amines is 1. The fraction of sp³-hybridized carbons (Fsp3) is 0.111. The lowest BCUT2D eigenvalue weighted by Crippen LogP contribution is -1.88. The maximum Gasteiger partial charge on any atom is 0.0643 e. The summed E-state index contributed by atoms with van der Waals surface area (Å²) in [5.74, 6) is 0. The van der Waals surface area contributed by atoms with Gasteiger partial charge in [-0.1, -0.05) is 0 Å². The first-order valence-corrected chi connectivity index (χ1v) is 3.63. The van der Waals surface area contributed by atoms with Crippen molar-refractivity contribution in [3.63, 3.8) is 0 Å². The first-order valence-electron chi connectivity index (χ1n) is 3.63. The molecular weight excluding hydrogens is 136 g/mol. The molecule has 56 valence electrons. The normalized spacial score (nSPS) is 10.3. The van der Waals surface area contributed by atoms with Gasteiger partial charge in [-0.05, 0) is 24.3 Å². The number of nitrogens with zero attached hydrogens (tertiary/aromatic N) is 1. The molecule has 2 aromatic heterocycles. The average molecular weight is 146 g/mol. The van der Waals surface area contributed by atoms with E-state index in [9.17, 15) is 0 Å². The van der Waals surface area contributed by atoms with E-state index in [0.717, 1.165) is 5.69 Å². The molecular formula is C9H10N2. The summed E-state index contributed by atoms with van der Waals surface area (Å²) >= 11 is 0. The number of H-pyrrole nitrogens is 1. The Bertz CT molecular complexity index is 330. The second-order valence-electron chi connectivity index (χ2n) is 2.59. The Kier molecular flexibility index (Phi) is 1.32. The highest BCUT2D eigenvalue weighted by Crippen LogP contribution is 2.15. The van der Waals surface area contributed by atoms with Gasteiger partial charge < -0.3 is 9.55 Å². The van der Waals surface area contributed by atoms with E-state index in [1.807, 2.05) is 31.6 Å². The standard InChI is InChI=1S/C9H10N2/c1-11-7-3-5-9(11)8-4-2-6-10-8/h2-7,10H,1H3. The lowest BCUT2D eigenvalue weighted by molar-refractivity contribution is 0.932. The molecule has 0 radical (unpaired) electrons. The quantitative estimate of drug-likeness (QED) is 0.635. The van der Waals surface area contributed by atoms with Crippen LogP contribution in [0.25, 0.3) is 11.4 Å². The minimum atomic E-state index is 1.16. The molecule has 0 aliphatic rings. The molecule has 0 amide bonds. The lowest BCUT2D eigenvalue weighted by Gasteiger charge is -1.98. The van der Waals surface area contributed by atoms with Crippen LogP contribution in [0.3, 0.4) is 0 Å². The summed E-state index contributed by atoms with van der Waals surface area (Å²) in [6, 6.07) is 8.19. The molecule has 2 heteroatoms. The number of nitrogens with one attached hydrogen (secondary N) is 1. The Balaban J connectivity index is 2.53. The molecule has 0 unspecified atom stereocenters. The fourth-order valence-electron chi connectivity index (χ4n) is 1.23. The molecule has 2 rings (SSSR count). The highest BCUT2D eigenvalue weighted by Gasteiger charge is 1.98. The van der Waals surface area contributed by atoms with E-state index >= 15 is 0 Å². The second kappa shape index (κ2) is 2.31. The summed E-state index contributed by atoms with van der Waals surface area (Å²) in [6.07, 6.45) is 3.97. The summed E-state index contributed by atoms with van der Waals surface area (Å²) in [5, 5.41) is 0. The summed E-state index contributed by atoms with van der Waals surface area (Å²) in [6.45, 7) is 0. The van der Waals surface area contributed by atoms with E-state index in [1.165, 1.54) is 5.69 Å². The van der Waals surface area contributed by atoms with Crippen LogP contribution in [0.2, 0.25) is 0 Å². The van der Waals surface area contributed by atoms with E-state index in [1.54, 1.807) is 0 Å². The van der Waals surface area contributed by atoms with Gasteiger partial charge in [0.1, 0.15) is 0 Å². The van der Waals surface area contributed by atoms with Gasteiger partial charge in [0, 0.05) is 19.4 Å². The molecule has 0 fully saturated rings. The summed E-state index contributed by atoms with van der Waals surface area (Å²) < 4.78 is 2.09. The predicted octanol–water partition coefficient (Wildman–Crippen LogP) is 2.02. The topological polar surface area (TPSA) is 20.7 Å². The molecule has 2 aromatic rings. The van der Waals surface area contributed by atoms with Crippen molar-refractivity contribution in [1.29, 1.82) is 0 Å². The van der Waals surface area contributed by atoms with Crippen LogP contribution in [-0.2, 0) is 7.05 Å². The molecule has 0 aliphatic carbocycles. The first kappa shape index (κ1) is 6.28. The Morgan fingerprint density at radius 1 is 1.27 bits per heavy atom. The smallest absolute Gasteiger partial charge is 0.0643 e. The van der Waals surface area contributed by atoms with Crippen molar-refractivity contribution in [3.05, 3.63) is 36.7 Å². The first-order chi connectivity index (χ1) is 5.38. The van der Waals surface area contributed by atoms with E-state index in [4.69, 9.17) is 0 Å². The lowest BCUT2D eigenvalue weighted by atomic mass is 10.3. The van der Waals surface area contributed by atoms with Crippen molar-refractivity contribution in [2.45, 2.75) is 0 Å². The largest absolute Gasteiger partial charge is 0.360 e. The molecule has 2 heterocycles. The van der Waals surface area contributed by atoms with Crippen LogP contribution < -0.4 is 0 Å². The van der Waals surface area contributed by atoms with Crippen molar-refractivity contribution in [2.24, 2.45) is 7.05 Å². The molecule has 0 saturated heterocycles. The number of aryl methyl sites for hydroxylation is 1. The predicted molar refractivity (Wildman–Crippen MR) is 45.2 cm³/mol. The molecule has 1 N–H and O–H groups in total. The Morgan fingerprint density at radius 2 is 2.18 bits per heavy atom. The number of rotatable bonds is 1. The van der Waals surface area contributed by atoms with Crippen LogP contribution in [0, 0.1) is 0 Å². The highest BCUT2D eigenvalue weighted by molar-refractivity contribution is 5.54. The van der Waals surface area contributed by atoms with E-state index in [2.05, 4.69) is 21.7 Å². The average Bonchev–Trinajstić information content (AvgIpc) is 2.55. The molecule has 2 nitrogen and oxygen atoms in total. The van der Waals surface area contributed by atoms with Crippen LogP contribution in [-0.4, -0.2) is 9.55 Å². The molecule has 0 aliphatic heterocycles. The van der Waals surface area contributed by atoms with Gasteiger partial charge in [-0.2, -0.15) is 0 Å². The van der Waals surface area contributed by atoms with E-state index in [0.29, 0.717) is 0 Å². The van der Waals surface area contributed by atoms with Crippen LogP contribution in [0.1, 0.15) is 0 Å². The molecule has 0 aromatic carbocycles. The monoisotopic (exact) mass is 146 g/mol. The van der Waals surface area contributed by atoms with Gasteiger partial charge in [0.25, 0.3) is 0 Å². The minimum absolute atomic E-state index is 1.16. The number of hydrogen-bond donors (Lipinski definition) is 1. The van der Waals surface area contributed by atoms with E-state index in [-0.39, 0.29) is 0 Å². The summed E-state index contributed by atoms with van der Waals surface area (Å²) in [7, 11) is 2.04. The molecule has 0 spiro atoms. The molecule has 0 saturated carbocycles. The van der Waals surface area contributed by atoms with Crippen molar-refractivity contribution in [1.82, 2.24) is 9.55 Å². The molecule has 0 atom stereocenters. The fourth-order valence-corrected chi connectivity index (χ4v) is 1.23. The van der Waals surface area contributed by atoms with Crippen molar-refractivity contribution >= 4 is 0 Å². The zero-order valence-corrected chi connectivity index (χ0v) is 6.41. The van der Waals surface area contributed by atoms with Crippen LogP contribution >= 0.6 is 0 Å². The Morgan fingerprint density at radius 3 is 2.73 bits per heavy atom. The van der Waals surface area contributed by atoms with Gasteiger partial charge in [0.15, 0.2) is 0 Å². The highest BCUT2D eigenvalue weighted by atomic mass is 14.9. The third-order valence-corrected chi connectivity index (χ3v) is 1.82. The Labute approximate surface area is 65.5 Å². The molecule has 0 bridgehead atoms. The third-order valence-electron chi connectivity index (χ3n) is 1.82. The van der Waals surface area contributed by atoms with Crippen molar-refractivity contribution in [2.75, 3.05) is 0 Å². The zero-order valence-electron chi connectivity index (χ0n) is 6.41. The number of aromatic nitrogens is 2. The third kappa shape index (κ3) is 0.963. The van der Waals surface area contributed by atoms with Gasteiger partial charge in [-0.3, -0.25) is 0 Å². The van der Waals surface area contributed by atoms with Gasteiger partial charge >= 0.3 is 0 Å². The van der Waals surface area contributed by atoms with Gasteiger partial charge in [-0.25, -0.2) is 0 Å². The maximum atomic E-state index is 3.16. The van der Waals surface area contributed by atoms with Crippen LogP contribution in [0.15, 0.2) is 36.7 Å². The van der Waals surface area contributed by atoms with Crippen LogP contribution in [0.5, 0.6) is 0 Å². The van der Waals surface area contributed by atoms with Crippen molar-refractivity contribution < 1.29 is 0 Å². The molecule has 11 heavy (non-hydrogen) atoms. The van der Waals surface area contributed by atoms with Gasteiger partial charge in [-0.15, -0.1) is 0 Å². The SMILES string of the molecule is Cn1cccc1-c1ccc[nH]1. The van der Waals surface area contributed by atoms with Gasteiger partial charge in [0.2, 0.25) is 0 Å². The summed E-state index contributed by atoms with van der Waals surface area (Å²) in [5.41, 5.74) is 2.38. The van der Waals surface area contributed by atoms with E-state index < -0.39 is 0 Å². The summed E-state index contributed by atoms with van der Waals surface area (Å²) in [4.78, 5) is 3.16. The van der Waals surface area contributed by atoms with Crippen LogP contribution in [0.4, 0.5) is 0 Å². The number of hydrogen-bond acceptors (Lipinski definition) is 0. The van der Waals surface area contributed by atoms with Crippen molar-refractivity contribution in [3.8, 4) is 11.4 Å². The minimum Gasteiger partial charge on any atom is -0.360 e. The maximum absolute atomic E-state index is 3.16.